The molecule has 0 radical (unpaired) electrons. The molecular weight excluding hydrogens is 280 g/mol. The Morgan fingerprint density at radius 2 is 1.05 bits per heavy atom. The minimum absolute atomic E-state index is 0.607. The van der Waals surface area contributed by atoms with Crippen molar-refractivity contribution < 1.29 is 8.85 Å². The number of nitrogens with zero attached hydrogens (tertiary/aromatic N) is 2. The molecule has 0 bridgehead atoms. The Morgan fingerprint density at radius 3 is 1.24 bits per heavy atom. The molecule has 128 valence electrons. The van der Waals surface area contributed by atoms with Crippen LogP contribution in [0.1, 0.15) is 55.4 Å². The van der Waals surface area contributed by atoms with Gasteiger partial charge in [0.2, 0.25) is 0 Å². The van der Waals surface area contributed by atoms with Gasteiger partial charge < -0.3 is 8.85 Å². The van der Waals surface area contributed by atoms with Crippen LogP contribution in [0.5, 0.6) is 0 Å². The summed E-state index contributed by atoms with van der Waals surface area (Å²) in [4.78, 5) is 0. The monoisotopic (exact) mass is 318 g/mol. The zero-order valence-corrected chi connectivity index (χ0v) is 16.6. The van der Waals surface area contributed by atoms with Gasteiger partial charge in [-0.1, -0.05) is 41.5 Å². The van der Waals surface area contributed by atoms with Crippen molar-refractivity contribution in [2.45, 2.75) is 55.4 Å². The molecule has 5 heteroatoms. The molecule has 0 rings (SSSR count). The fourth-order valence-electron chi connectivity index (χ4n) is 2.75. The van der Waals surface area contributed by atoms with Crippen molar-refractivity contribution in [3.63, 3.8) is 0 Å². The van der Waals surface area contributed by atoms with E-state index in [9.17, 15) is 0 Å². The van der Waals surface area contributed by atoms with Crippen LogP contribution < -0.4 is 0 Å². The molecule has 0 aromatic heterocycles. The third kappa shape index (κ3) is 6.36. The first kappa shape index (κ1) is 21.1. The van der Waals surface area contributed by atoms with Crippen molar-refractivity contribution >= 4 is 8.88 Å². The summed E-state index contributed by atoms with van der Waals surface area (Å²) in [6, 6.07) is 0. The molecule has 0 aromatic carbocycles. The fraction of sp³-hybridized carbons (Fsp3) is 1.00. The lowest BCUT2D eigenvalue weighted by atomic mass is 10.2. The zero-order valence-electron chi connectivity index (χ0n) is 15.6. The molecule has 0 aliphatic carbocycles. The molecule has 0 aliphatic rings. The van der Waals surface area contributed by atoms with Gasteiger partial charge in [-0.2, -0.15) is 0 Å². The highest BCUT2D eigenvalue weighted by molar-refractivity contribution is 6.61. The standard InChI is InChI=1S/C16H38N2O2Si/c1-9-17(13-15(5)6)21(19-11-3,20-12-4)18(10-2)14-16(7)8/h15-16H,9-14H2,1-8H3. The maximum atomic E-state index is 6.35. The summed E-state index contributed by atoms with van der Waals surface area (Å²) in [6.07, 6.45) is 0. The van der Waals surface area contributed by atoms with Gasteiger partial charge in [-0.25, -0.2) is 0 Å². The first-order chi connectivity index (χ1) is 9.87. The van der Waals surface area contributed by atoms with Crippen molar-refractivity contribution in [1.82, 2.24) is 9.13 Å². The number of rotatable bonds is 12. The van der Waals surface area contributed by atoms with Crippen molar-refractivity contribution in [3.8, 4) is 0 Å². The van der Waals surface area contributed by atoms with E-state index in [0.29, 0.717) is 25.0 Å². The Balaban J connectivity index is 5.54. The van der Waals surface area contributed by atoms with Crippen LogP contribution in [0.15, 0.2) is 0 Å². The lowest BCUT2D eigenvalue weighted by molar-refractivity contribution is 0.0568. The van der Waals surface area contributed by atoms with E-state index < -0.39 is 8.88 Å². The van der Waals surface area contributed by atoms with E-state index in [2.05, 4.69) is 64.5 Å². The van der Waals surface area contributed by atoms with Crippen molar-refractivity contribution in [3.05, 3.63) is 0 Å². The van der Waals surface area contributed by atoms with Gasteiger partial charge in [-0.05, 0) is 51.9 Å². The second kappa shape index (κ2) is 10.7. The van der Waals surface area contributed by atoms with Crippen molar-refractivity contribution in [2.75, 3.05) is 39.4 Å². The van der Waals surface area contributed by atoms with Crippen LogP contribution >= 0.6 is 0 Å². The molecule has 21 heavy (non-hydrogen) atoms. The quantitative estimate of drug-likeness (QED) is 0.515. The second-order valence-corrected chi connectivity index (χ2v) is 9.22. The van der Waals surface area contributed by atoms with Crippen LogP contribution in [-0.2, 0) is 8.85 Å². The molecule has 0 fully saturated rings. The van der Waals surface area contributed by atoms with Gasteiger partial charge in [-0.3, -0.25) is 9.13 Å². The first-order valence-corrected chi connectivity index (χ1v) is 10.4. The molecule has 0 aromatic rings. The molecular formula is C16H38N2O2Si. The van der Waals surface area contributed by atoms with E-state index in [0.717, 1.165) is 26.2 Å². The predicted molar refractivity (Wildman–Crippen MR) is 93.2 cm³/mol. The van der Waals surface area contributed by atoms with Crippen molar-refractivity contribution in [2.24, 2.45) is 11.8 Å². The smallest absolute Gasteiger partial charge is 0.371 e. The van der Waals surface area contributed by atoms with Crippen LogP contribution in [0, 0.1) is 11.8 Å². The Morgan fingerprint density at radius 1 is 0.714 bits per heavy atom. The molecule has 0 atom stereocenters. The van der Waals surface area contributed by atoms with Crippen LogP contribution in [0.2, 0.25) is 0 Å². The minimum Gasteiger partial charge on any atom is -0.371 e. The van der Waals surface area contributed by atoms with Gasteiger partial charge in [0, 0.05) is 13.2 Å². The molecule has 0 aliphatic heterocycles. The predicted octanol–water partition coefficient (Wildman–Crippen LogP) is 3.45. The van der Waals surface area contributed by atoms with E-state index in [1.807, 2.05) is 0 Å². The maximum absolute atomic E-state index is 6.35. The number of hydrogen-bond donors (Lipinski definition) is 0. The third-order valence-corrected chi connectivity index (χ3v) is 7.32. The molecule has 0 unspecified atom stereocenters. The van der Waals surface area contributed by atoms with Crippen LogP contribution in [0.3, 0.4) is 0 Å². The van der Waals surface area contributed by atoms with Gasteiger partial charge in [-0.15, -0.1) is 0 Å². The van der Waals surface area contributed by atoms with E-state index in [1.165, 1.54) is 0 Å². The normalized spacial score (nSPS) is 13.1. The summed E-state index contributed by atoms with van der Waals surface area (Å²) < 4.78 is 17.6. The average Bonchev–Trinajstić information content (AvgIpc) is 2.41. The summed E-state index contributed by atoms with van der Waals surface area (Å²) in [5.41, 5.74) is 0. The second-order valence-electron chi connectivity index (χ2n) is 6.28. The van der Waals surface area contributed by atoms with Crippen LogP contribution in [0.25, 0.3) is 0 Å². The van der Waals surface area contributed by atoms with Gasteiger partial charge in [0.1, 0.15) is 0 Å². The Hall–Kier alpha value is 0.0569. The van der Waals surface area contributed by atoms with Gasteiger partial charge in [0.05, 0.1) is 0 Å². The summed E-state index contributed by atoms with van der Waals surface area (Å²) in [7, 11) is -2.51. The molecule has 0 saturated heterocycles. The highest BCUT2D eigenvalue weighted by atomic mass is 28.4. The van der Waals surface area contributed by atoms with E-state index in [1.54, 1.807) is 0 Å². The highest BCUT2D eigenvalue weighted by Gasteiger charge is 2.50. The van der Waals surface area contributed by atoms with E-state index in [-0.39, 0.29) is 0 Å². The largest absolute Gasteiger partial charge is 0.522 e. The Kier molecular flexibility index (Phi) is 10.8. The van der Waals surface area contributed by atoms with Gasteiger partial charge >= 0.3 is 8.88 Å². The summed E-state index contributed by atoms with van der Waals surface area (Å²) in [6.45, 7) is 23.0. The van der Waals surface area contributed by atoms with Crippen LogP contribution in [-0.4, -0.2) is 57.4 Å². The average molecular weight is 319 g/mol. The molecule has 0 saturated carbocycles. The van der Waals surface area contributed by atoms with E-state index >= 15 is 0 Å². The topological polar surface area (TPSA) is 24.9 Å². The van der Waals surface area contributed by atoms with E-state index in [4.69, 9.17) is 8.85 Å². The molecule has 4 nitrogen and oxygen atoms in total. The lowest BCUT2D eigenvalue weighted by Crippen LogP contribution is -2.70. The maximum Gasteiger partial charge on any atom is 0.522 e. The summed E-state index contributed by atoms with van der Waals surface area (Å²) in [5, 5.41) is 0. The van der Waals surface area contributed by atoms with Crippen molar-refractivity contribution in [1.29, 1.82) is 0 Å². The number of hydrogen-bond acceptors (Lipinski definition) is 4. The van der Waals surface area contributed by atoms with Gasteiger partial charge in [0.25, 0.3) is 0 Å². The Bertz CT molecular complexity index is 237. The SMILES string of the molecule is CCO[Si](OCC)(N(CC)CC(C)C)N(CC)CC(C)C. The molecule has 0 amide bonds. The lowest BCUT2D eigenvalue weighted by Gasteiger charge is -2.46. The third-order valence-electron chi connectivity index (χ3n) is 3.40. The summed E-state index contributed by atoms with van der Waals surface area (Å²) >= 11 is 0. The Labute approximate surface area is 134 Å². The first-order valence-electron chi connectivity index (χ1n) is 8.65. The molecule has 0 spiro atoms. The summed E-state index contributed by atoms with van der Waals surface area (Å²) in [5.74, 6) is 1.21. The van der Waals surface area contributed by atoms with Gasteiger partial charge in [0.15, 0.2) is 0 Å². The fourth-order valence-corrected chi connectivity index (χ4v) is 6.71. The van der Waals surface area contributed by atoms with Crippen LogP contribution in [0.4, 0.5) is 0 Å². The zero-order chi connectivity index (χ0) is 16.5. The molecule has 0 heterocycles. The highest BCUT2D eigenvalue weighted by Crippen LogP contribution is 2.22. The molecule has 0 N–H and O–H groups in total. The minimum atomic E-state index is -2.51.